The minimum atomic E-state index is -3.36. The van der Waals surface area contributed by atoms with E-state index in [4.69, 9.17) is 0 Å². The second-order valence-corrected chi connectivity index (χ2v) is 10.1. The monoisotopic (exact) mass is 324 g/mol. The quantitative estimate of drug-likeness (QED) is 0.735. The fourth-order valence-electron chi connectivity index (χ4n) is 2.87. The van der Waals surface area contributed by atoms with E-state index in [1.807, 2.05) is 0 Å². The zero-order valence-corrected chi connectivity index (χ0v) is 13.3. The summed E-state index contributed by atoms with van der Waals surface area (Å²) in [6.45, 7) is 2.49. The topological polar surface area (TPSA) is 92.3 Å². The third-order valence-corrected chi connectivity index (χ3v) is 7.93. The lowest BCUT2D eigenvalue weighted by Gasteiger charge is -2.24. The molecule has 2 rings (SSSR count). The fourth-order valence-corrected chi connectivity index (χ4v) is 6.16. The summed E-state index contributed by atoms with van der Waals surface area (Å²) in [4.78, 5) is 0. The Morgan fingerprint density at radius 1 is 1.05 bits per heavy atom. The number of sulfone groups is 1. The maximum absolute atomic E-state index is 12.1. The molecule has 0 radical (unpaired) electrons. The van der Waals surface area contributed by atoms with Gasteiger partial charge in [0.05, 0.1) is 16.8 Å². The van der Waals surface area contributed by atoms with E-state index < -0.39 is 25.1 Å². The van der Waals surface area contributed by atoms with Crippen molar-refractivity contribution in [2.75, 3.05) is 31.1 Å². The van der Waals surface area contributed by atoms with Crippen molar-refractivity contribution in [1.29, 1.82) is 0 Å². The Morgan fingerprint density at radius 2 is 1.65 bits per heavy atom. The van der Waals surface area contributed by atoms with Gasteiger partial charge in [-0.3, -0.25) is 0 Å². The van der Waals surface area contributed by atoms with Gasteiger partial charge in [0.2, 0.25) is 10.0 Å². The highest BCUT2D eigenvalue weighted by atomic mass is 32.2. The van der Waals surface area contributed by atoms with Gasteiger partial charge in [-0.25, -0.2) is 21.6 Å². The molecule has 2 aliphatic rings. The Hall–Kier alpha value is -0.180. The van der Waals surface area contributed by atoms with Gasteiger partial charge in [-0.2, -0.15) is 0 Å². The lowest BCUT2D eigenvalue weighted by Crippen LogP contribution is -2.40. The first-order valence-electron chi connectivity index (χ1n) is 7.29. The van der Waals surface area contributed by atoms with E-state index in [1.165, 1.54) is 0 Å². The van der Waals surface area contributed by atoms with Crippen molar-refractivity contribution in [3.63, 3.8) is 0 Å². The summed E-state index contributed by atoms with van der Waals surface area (Å²) >= 11 is 0. The van der Waals surface area contributed by atoms with Gasteiger partial charge in [0.25, 0.3) is 0 Å². The molecule has 118 valence electrons. The Balaban J connectivity index is 1.76. The van der Waals surface area contributed by atoms with Gasteiger partial charge < -0.3 is 5.32 Å². The van der Waals surface area contributed by atoms with Crippen molar-refractivity contribution in [2.45, 2.75) is 37.4 Å². The molecule has 2 N–H and O–H groups in total. The molecule has 0 aromatic carbocycles. The predicted molar refractivity (Wildman–Crippen MR) is 78.8 cm³/mol. The lowest BCUT2D eigenvalue weighted by atomic mass is 9.95. The van der Waals surface area contributed by atoms with Crippen molar-refractivity contribution in [1.82, 2.24) is 10.0 Å². The minimum Gasteiger partial charge on any atom is -0.317 e. The first-order chi connectivity index (χ1) is 9.39. The first-order valence-corrected chi connectivity index (χ1v) is 10.7. The summed E-state index contributed by atoms with van der Waals surface area (Å²) in [5.41, 5.74) is 0. The largest absolute Gasteiger partial charge is 0.317 e. The average molecular weight is 324 g/mol. The SMILES string of the molecule is O=S1(=O)CCC(S(=O)(=O)NCCC2CCNCC2)CC1. The molecule has 0 aromatic heterocycles. The Bertz CT molecular complexity index is 496. The van der Waals surface area contributed by atoms with Gasteiger partial charge in [-0.05, 0) is 51.1 Å². The van der Waals surface area contributed by atoms with Crippen LogP contribution >= 0.6 is 0 Å². The molecule has 0 aliphatic carbocycles. The van der Waals surface area contributed by atoms with Crippen LogP contribution in [0.2, 0.25) is 0 Å². The van der Waals surface area contributed by atoms with E-state index in [9.17, 15) is 16.8 Å². The molecule has 2 fully saturated rings. The van der Waals surface area contributed by atoms with Crippen LogP contribution in [0.5, 0.6) is 0 Å². The van der Waals surface area contributed by atoms with E-state index in [1.54, 1.807) is 0 Å². The van der Waals surface area contributed by atoms with Crippen molar-refractivity contribution < 1.29 is 16.8 Å². The highest BCUT2D eigenvalue weighted by molar-refractivity contribution is 7.92. The van der Waals surface area contributed by atoms with Gasteiger partial charge in [-0.15, -0.1) is 0 Å². The van der Waals surface area contributed by atoms with Crippen LogP contribution in [0, 0.1) is 5.92 Å². The maximum atomic E-state index is 12.1. The van der Waals surface area contributed by atoms with Crippen LogP contribution in [-0.2, 0) is 19.9 Å². The highest BCUT2D eigenvalue weighted by Gasteiger charge is 2.32. The fraction of sp³-hybridized carbons (Fsp3) is 1.00. The predicted octanol–water partition coefficient (Wildman–Crippen LogP) is -0.127. The molecule has 2 aliphatic heterocycles. The molecule has 0 bridgehead atoms. The number of rotatable bonds is 5. The van der Waals surface area contributed by atoms with Gasteiger partial charge in [0, 0.05) is 6.54 Å². The lowest BCUT2D eigenvalue weighted by molar-refractivity contribution is 0.354. The van der Waals surface area contributed by atoms with Crippen LogP contribution in [0.1, 0.15) is 32.1 Å². The maximum Gasteiger partial charge on any atom is 0.214 e. The van der Waals surface area contributed by atoms with E-state index in [0.29, 0.717) is 12.5 Å². The van der Waals surface area contributed by atoms with E-state index in [2.05, 4.69) is 10.0 Å². The molecule has 0 spiro atoms. The third-order valence-electron chi connectivity index (χ3n) is 4.26. The Morgan fingerprint density at radius 3 is 2.25 bits per heavy atom. The zero-order chi connectivity index (χ0) is 14.6. The molecule has 0 saturated carbocycles. The molecule has 0 atom stereocenters. The molecule has 0 unspecified atom stereocenters. The minimum absolute atomic E-state index is 0.00707. The van der Waals surface area contributed by atoms with Crippen LogP contribution in [0.25, 0.3) is 0 Å². The summed E-state index contributed by atoms with van der Waals surface area (Å²) in [6, 6.07) is 0. The van der Waals surface area contributed by atoms with Crippen LogP contribution in [-0.4, -0.2) is 53.2 Å². The molecule has 0 amide bonds. The molecule has 20 heavy (non-hydrogen) atoms. The Labute approximate surface area is 121 Å². The third kappa shape index (κ3) is 4.68. The second-order valence-electron chi connectivity index (χ2n) is 5.77. The van der Waals surface area contributed by atoms with Gasteiger partial charge >= 0.3 is 0 Å². The molecule has 6 nitrogen and oxygen atoms in total. The summed E-state index contributed by atoms with van der Waals surface area (Å²) < 4.78 is 49.5. The molecular formula is C12H24N2O4S2. The van der Waals surface area contributed by atoms with Crippen LogP contribution < -0.4 is 10.0 Å². The van der Waals surface area contributed by atoms with Gasteiger partial charge in [0.15, 0.2) is 0 Å². The summed E-state index contributed by atoms with van der Waals surface area (Å²) in [5, 5.41) is 2.74. The number of hydrogen-bond acceptors (Lipinski definition) is 5. The summed E-state index contributed by atoms with van der Waals surface area (Å²) in [6.07, 6.45) is 3.52. The van der Waals surface area contributed by atoms with Gasteiger partial charge in [0.1, 0.15) is 9.84 Å². The number of nitrogens with one attached hydrogen (secondary N) is 2. The zero-order valence-electron chi connectivity index (χ0n) is 11.7. The smallest absolute Gasteiger partial charge is 0.214 e. The van der Waals surface area contributed by atoms with Crippen molar-refractivity contribution in [3.05, 3.63) is 0 Å². The average Bonchev–Trinajstić information content (AvgIpc) is 2.39. The molecular weight excluding hydrogens is 300 g/mol. The van der Waals surface area contributed by atoms with E-state index in [0.717, 1.165) is 32.4 Å². The number of piperidine rings is 1. The standard InChI is InChI=1S/C12H24N2O4S2/c15-19(16)9-4-12(5-10-19)20(17,18)14-8-3-11-1-6-13-7-2-11/h11-14H,1-10H2. The second kappa shape index (κ2) is 6.72. The molecule has 8 heteroatoms. The summed E-state index contributed by atoms with van der Waals surface area (Å²) in [7, 11) is -6.38. The first kappa shape index (κ1) is 16.2. The summed E-state index contributed by atoms with van der Waals surface area (Å²) in [5.74, 6) is 0.574. The molecule has 2 heterocycles. The van der Waals surface area contributed by atoms with E-state index >= 15 is 0 Å². The van der Waals surface area contributed by atoms with Crippen LogP contribution in [0.15, 0.2) is 0 Å². The highest BCUT2D eigenvalue weighted by Crippen LogP contribution is 2.19. The van der Waals surface area contributed by atoms with Crippen molar-refractivity contribution >= 4 is 19.9 Å². The normalized spacial score (nSPS) is 25.6. The number of sulfonamides is 1. The van der Waals surface area contributed by atoms with Crippen LogP contribution in [0.4, 0.5) is 0 Å². The molecule has 2 saturated heterocycles. The molecule has 0 aromatic rings. The van der Waals surface area contributed by atoms with E-state index in [-0.39, 0.29) is 24.3 Å². The Kier molecular flexibility index (Phi) is 5.44. The van der Waals surface area contributed by atoms with Crippen molar-refractivity contribution in [3.8, 4) is 0 Å². The van der Waals surface area contributed by atoms with Gasteiger partial charge in [-0.1, -0.05) is 0 Å². The number of hydrogen-bond donors (Lipinski definition) is 2. The van der Waals surface area contributed by atoms with Crippen LogP contribution in [0.3, 0.4) is 0 Å². The van der Waals surface area contributed by atoms with Crippen molar-refractivity contribution in [2.24, 2.45) is 5.92 Å².